The highest BCUT2D eigenvalue weighted by atomic mass is 35.5. The lowest BCUT2D eigenvalue weighted by Crippen LogP contribution is -2.10. The van der Waals surface area contributed by atoms with Gasteiger partial charge in [-0.05, 0) is 29.8 Å². The van der Waals surface area contributed by atoms with E-state index in [0.29, 0.717) is 0 Å². The Morgan fingerprint density at radius 1 is 1.33 bits per heavy atom. The Morgan fingerprint density at radius 2 is 1.89 bits per heavy atom. The second-order valence-corrected chi connectivity index (χ2v) is 6.00. The van der Waals surface area contributed by atoms with Crippen molar-refractivity contribution in [3.8, 4) is 0 Å². The minimum absolute atomic E-state index is 0.309. The summed E-state index contributed by atoms with van der Waals surface area (Å²) >= 11 is 4.82. The number of benzene rings is 1. The predicted molar refractivity (Wildman–Crippen MR) is 60.6 cm³/mol. The first-order chi connectivity index (χ1) is 8.05. The van der Waals surface area contributed by atoms with E-state index in [9.17, 15) is 22.0 Å². The van der Waals surface area contributed by atoms with Crippen molar-refractivity contribution in [2.45, 2.75) is 10.3 Å². The Bertz CT molecular complexity index is 578. The topological polar surface area (TPSA) is 60.4 Å². The number of carbonyl (C=O) groups is 1. The van der Waals surface area contributed by atoms with Crippen molar-refractivity contribution in [3.63, 3.8) is 0 Å². The molecule has 0 saturated carbocycles. The SMILES string of the molecule is COC(=O)c1cc(C(F)(F)Cl)cc(S(C)(=O)=O)c1. The zero-order valence-electron chi connectivity index (χ0n) is 9.41. The Balaban J connectivity index is 3.54. The molecular formula is C10H9ClF2O4S. The average Bonchev–Trinajstić information content (AvgIpc) is 2.25. The molecule has 0 saturated heterocycles. The first kappa shape index (κ1) is 14.8. The number of rotatable bonds is 3. The van der Waals surface area contributed by atoms with Gasteiger partial charge in [-0.15, -0.1) is 0 Å². The van der Waals surface area contributed by atoms with E-state index in [2.05, 4.69) is 4.74 Å². The van der Waals surface area contributed by atoms with E-state index in [4.69, 9.17) is 11.6 Å². The lowest BCUT2D eigenvalue weighted by atomic mass is 10.1. The quantitative estimate of drug-likeness (QED) is 0.634. The molecule has 0 unspecified atom stereocenters. The van der Waals surface area contributed by atoms with Gasteiger partial charge in [-0.2, -0.15) is 8.78 Å². The van der Waals surface area contributed by atoms with Crippen molar-refractivity contribution in [2.24, 2.45) is 0 Å². The summed E-state index contributed by atoms with van der Waals surface area (Å²) in [5.74, 6) is -0.928. The molecule has 0 heterocycles. The van der Waals surface area contributed by atoms with Gasteiger partial charge in [0.15, 0.2) is 9.84 Å². The van der Waals surface area contributed by atoms with E-state index >= 15 is 0 Å². The molecule has 0 amide bonds. The number of hydrogen-bond acceptors (Lipinski definition) is 4. The minimum Gasteiger partial charge on any atom is -0.465 e. The van der Waals surface area contributed by atoms with Crippen LogP contribution in [0.4, 0.5) is 8.78 Å². The van der Waals surface area contributed by atoms with Crippen LogP contribution in [0.25, 0.3) is 0 Å². The van der Waals surface area contributed by atoms with Crippen molar-refractivity contribution in [1.82, 2.24) is 0 Å². The van der Waals surface area contributed by atoms with Gasteiger partial charge in [0, 0.05) is 11.8 Å². The molecule has 0 N–H and O–H groups in total. The maximum absolute atomic E-state index is 13.0. The van der Waals surface area contributed by atoms with Crippen LogP contribution < -0.4 is 0 Å². The fraction of sp³-hybridized carbons (Fsp3) is 0.300. The number of hydrogen-bond donors (Lipinski definition) is 0. The Kier molecular flexibility index (Phi) is 3.97. The van der Waals surface area contributed by atoms with Crippen molar-refractivity contribution < 1.29 is 26.7 Å². The number of esters is 1. The molecule has 0 radical (unpaired) electrons. The normalized spacial score (nSPS) is 12.3. The van der Waals surface area contributed by atoms with Gasteiger partial charge in [0.1, 0.15) is 0 Å². The van der Waals surface area contributed by atoms with Crippen molar-refractivity contribution in [1.29, 1.82) is 0 Å². The van der Waals surface area contributed by atoms with Crippen LogP contribution in [0.3, 0.4) is 0 Å². The summed E-state index contributed by atoms with van der Waals surface area (Å²) in [6.07, 6.45) is 0.833. The van der Waals surface area contributed by atoms with Crippen molar-refractivity contribution in [3.05, 3.63) is 29.3 Å². The molecular weight excluding hydrogens is 290 g/mol. The number of sulfone groups is 1. The van der Waals surface area contributed by atoms with E-state index in [0.717, 1.165) is 31.6 Å². The molecule has 100 valence electrons. The van der Waals surface area contributed by atoms with Crippen LogP contribution in [0.15, 0.2) is 23.1 Å². The third-order valence-electron chi connectivity index (χ3n) is 2.08. The molecule has 0 bridgehead atoms. The van der Waals surface area contributed by atoms with Gasteiger partial charge in [-0.3, -0.25) is 0 Å². The van der Waals surface area contributed by atoms with E-state index in [1.807, 2.05) is 0 Å². The number of carbonyl (C=O) groups excluding carboxylic acids is 1. The second kappa shape index (κ2) is 4.81. The van der Waals surface area contributed by atoms with Gasteiger partial charge < -0.3 is 4.74 Å². The molecule has 0 aliphatic heterocycles. The van der Waals surface area contributed by atoms with Crippen LogP contribution in [-0.4, -0.2) is 27.8 Å². The van der Waals surface area contributed by atoms with Gasteiger partial charge in [0.2, 0.25) is 0 Å². The number of alkyl halides is 3. The zero-order valence-corrected chi connectivity index (χ0v) is 11.0. The maximum Gasteiger partial charge on any atom is 0.348 e. The molecule has 0 atom stereocenters. The Labute approximate surface area is 107 Å². The van der Waals surface area contributed by atoms with Crippen LogP contribution in [0.5, 0.6) is 0 Å². The smallest absolute Gasteiger partial charge is 0.348 e. The number of halogens is 3. The lowest BCUT2D eigenvalue weighted by molar-refractivity contribution is 0.0599. The minimum atomic E-state index is -3.77. The predicted octanol–water partition coefficient (Wildman–Crippen LogP) is 2.16. The monoisotopic (exact) mass is 298 g/mol. The third kappa shape index (κ3) is 3.39. The summed E-state index contributed by atoms with van der Waals surface area (Å²) in [4.78, 5) is 10.8. The third-order valence-corrected chi connectivity index (χ3v) is 3.39. The van der Waals surface area contributed by atoms with Crippen LogP contribution in [-0.2, 0) is 20.0 Å². The molecule has 0 aliphatic rings. The van der Waals surface area contributed by atoms with Crippen LogP contribution in [0.2, 0.25) is 0 Å². The van der Waals surface area contributed by atoms with Gasteiger partial charge >= 0.3 is 11.4 Å². The van der Waals surface area contributed by atoms with Gasteiger partial charge in [0.25, 0.3) is 0 Å². The van der Waals surface area contributed by atoms with Gasteiger partial charge in [-0.1, -0.05) is 0 Å². The largest absolute Gasteiger partial charge is 0.465 e. The molecule has 18 heavy (non-hydrogen) atoms. The molecule has 1 aromatic rings. The molecule has 0 aromatic heterocycles. The molecule has 8 heteroatoms. The van der Waals surface area contributed by atoms with E-state index < -0.39 is 31.6 Å². The zero-order chi connectivity index (χ0) is 14.1. The van der Waals surface area contributed by atoms with Crippen molar-refractivity contribution >= 4 is 27.4 Å². The van der Waals surface area contributed by atoms with Crippen molar-refractivity contribution in [2.75, 3.05) is 13.4 Å². The van der Waals surface area contributed by atoms with Crippen LogP contribution >= 0.6 is 11.6 Å². The summed E-state index contributed by atoms with van der Waals surface area (Å²) in [5.41, 5.74) is -1.09. The average molecular weight is 299 g/mol. The lowest BCUT2D eigenvalue weighted by Gasteiger charge is -2.11. The molecule has 0 aliphatic carbocycles. The number of ether oxygens (including phenoxy) is 1. The summed E-state index contributed by atoms with van der Waals surface area (Å²) in [6.45, 7) is 0. The molecule has 0 fully saturated rings. The molecule has 1 rings (SSSR count). The van der Waals surface area contributed by atoms with Gasteiger partial charge in [0.05, 0.1) is 17.6 Å². The van der Waals surface area contributed by atoms with Crippen LogP contribution in [0.1, 0.15) is 15.9 Å². The summed E-state index contributed by atoms with van der Waals surface area (Å²) in [6, 6.07) is 2.45. The standard InChI is InChI=1S/C10H9ClF2O4S/c1-17-9(14)6-3-7(10(11,12)13)5-8(4-6)18(2,15)16/h3-5H,1-2H3. The Morgan fingerprint density at radius 3 is 2.28 bits per heavy atom. The number of methoxy groups -OCH3 is 1. The van der Waals surface area contributed by atoms with Gasteiger partial charge in [-0.25, -0.2) is 13.2 Å². The first-order valence-corrected chi connectivity index (χ1v) is 6.83. The Hall–Kier alpha value is -1.21. The van der Waals surface area contributed by atoms with E-state index in [-0.39, 0.29) is 5.56 Å². The molecule has 1 aromatic carbocycles. The summed E-state index contributed by atoms with van der Waals surface area (Å²) in [5, 5.41) is -3.77. The fourth-order valence-corrected chi connectivity index (χ4v) is 2.00. The van der Waals surface area contributed by atoms with E-state index in [1.165, 1.54) is 0 Å². The highest BCUT2D eigenvalue weighted by Gasteiger charge is 2.30. The first-order valence-electron chi connectivity index (χ1n) is 4.56. The van der Waals surface area contributed by atoms with E-state index in [1.54, 1.807) is 0 Å². The highest BCUT2D eigenvalue weighted by Crippen LogP contribution is 2.34. The maximum atomic E-state index is 13.0. The highest BCUT2D eigenvalue weighted by molar-refractivity contribution is 7.90. The summed E-state index contributed by atoms with van der Waals surface area (Å²) < 4.78 is 53.0. The molecule has 4 nitrogen and oxygen atoms in total. The second-order valence-electron chi connectivity index (χ2n) is 3.51. The molecule has 0 spiro atoms. The fourth-order valence-electron chi connectivity index (χ4n) is 1.21. The summed E-state index contributed by atoms with van der Waals surface area (Å²) in [7, 11) is -2.70. The van der Waals surface area contributed by atoms with Crippen LogP contribution in [0, 0.1) is 0 Å².